The van der Waals surface area contributed by atoms with E-state index in [2.05, 4.69) is 41.8 Å². The summed E-state index contributed by atoms with van der Waals surface area (Å²) < 4.78 is 0.937. The third-order valence-corrected chi connectivity index (χ3v) is 4.24. The largest absolute Gasteiger partial charge is 0.354 e. The molecule has 1 amide bonds. The Morgan fingerprint density at radius 3 is 2.33 bits per heavy atom. The molecule has 2 aromatic carbocycles. The molecule has 0 aliphatic heterocycles. The predicted octanol–water partition coefficient (Wildman–Crippen LogP) is 4.98. The summed E-state index contributed by atoms with van der Waals surface area (Å²) in [6.45, 7) is 4.68. The lowest BCUT2D eigenvalue weighted by molar-refractivity contribution is 0.102. The monoisotopic (exact) mass is 425 g/mol. The fourth-order valence-corrected chi connectivity index (χ4v) is 2.72. The molecule has 0 saturated carbocycles. The van der Waals surface area contributed by atoms with Crippen molar-refractivity contribution in [1.82, 2.24) is 9.97 Å². The molecule has 0 bridgehead atoms. The lowest BCUT2D eigenvalue weighted by atomic mass is 10.2. The summed E-state index contributed by atoms with van der Waals surface area (Å²) in [5.74, 6) is 1.16. The van der Waals surface area contributed by atoms with Crippen LogP contribution in [0.5, 0.6) is 0 Å². The highest BCUT2D eigenvalue weighted by Crippen LogP contribution is 2.20. The van der Waals surface area contributed by atoms with Gasteiger partial charge < -0.3 is 16.0 Å². The standard InChI is InChI=1S/C20H20BrN5O/c1-3-22-20-23-13(2)12-18(26-20)24-16-8-10-17(11-9-16)25-19(27)14-4-6-15(21)7-5-14/h4-12H,3H2,1-2H3,(H,25,27)(H2,22,23,24,26). The van der Waals surface area contributed by atoms with Gasteiger partial charge in [-0.05, 0) is 62.4 Å². The number of hydrogen-bond acceptors (Lipinski definition) is 5. The van der Waals surface area contributed by atoms with Crippen molar-refractivity contribution in [3.63, 3.8) is 0 Å². The van der Waals surface area contributed by atoms with Gasteiger partial charge >= 0.3 is 0 Å². The molecule has 3 aromatic rings. The van der Waals surface area contributed by atoms with Crippen LogP contribution in [0, 0.1) is 6.92 Å². The first-order valence-corrected chi connectivity index (χ1v) is 9.36. The first-order chi connectivity index (χ1) is 13.0. The normalized spacial score (nSPS) is 10.3. The lowest BCUT2D eigenvalue weighted by Crippen LogP contribution is -2.11. The van der Waals surface area contributed by atoms with E-state index in [0.717, 1.165) is 28.1 Å². The molecule has 138 valence electrons. The number of carbonyl (C=O) groups is 1. The summed E-state index contributed by atoms with van der Waals surface area (Å²) in [5.41, 5.74) is 3.08. The lowest BCUT2D eigenvalue weighted by Gasteiger charge is -2.10. The number of nitrogens with one attached hydrogen (secondary N) is 3. The average Bonchev–Trinajstić information content (AvgIpc) is 2.64. The summed E-state index contributed by atoms with van der Waals surface area (Å²) in [6.07, 6.45) is 0. The second kappa shape index (κ2) is 8.64. The molecule has 0 aliphatic carbocycles. The molecular weight excluding hydrogens is 406 g/mol. The van der Waals surface area contributed by atoms with Crippen molar-refractivity contribution in [1.29, 1.82) is 0 Å². The Morgan fingerprint density at radius 2 is 1.67 bits per heavy atom. The van der Waals surface area contributed by atoms with Gasteiger partial charge in [0.15, 0.2) is 0 Å². The van der Waals surface area contributed by atoms with Crippen LogP contribution in [0.1, 0.15) is 23.0 Å². The Morgan fingerprint density at radius 1 is 1.00 bits per heavy atom. The van der Waals surface area contributed by atoms with Gasteiger partial charge in [-0.25, -0.2) is 4.98 Å². The van der Waals surface area contributed by atoms with Crippen molar-refractivity contribution in [3.8, 4) is 0 Å². The quantitative estimate of drug-likeness (QED) is 0.519. The minimum atomic E-state index is -0.148. The molecule has 27 heavy (non-hydrogen) atoms. The van der Waals surface area contributed by atoms with Crippen LogP contribution < -0.4 is 16.0 Å². The van der Waals surface area contributed by atoms with Crippen LogP contribution in [0.4, 0.5) is 23.1 Å². The van der Waals surface area contributed by atoms with Gasteiger partial charge in [0, 0.05) is 39.7 Å². The number of halogens is 1. The number of amides is 1. The number of carbonyl (C=O) groups excluding carboxylic acids is 1. The first kappa shape index (κ1) is 18.8. The zero-order valence-corrected chi connectivity index (χ0v) is 16.7. The van der Waals surface area contributed by atoms with E-state index in [1.165, 1.54) is 0 Å². The second-order valence-electron chi connectivity index (χ2n) is 5.91. The number of hydrogen-bond donors (Lipinski definition) is 3. The third kappa shape index (κ3) is 5.27. The SMILES string of the molecule is CCNc1nc(C)cc(Nc2ccc(NC(=O)c3ccc(Br)cc3)cc2)n1. The number of rotatable bonds is 6. The second-order valence-corrected chi connectivity index (χ2v) is 6.83. The highest BCUT2D eigenvalue weighted by molar-refractivity contribution is 9.10. The predicted molar refractivity (Wildman–Crippen MR) is 113 cm³/mol. The number of nitrogens with zero attached hydrogens (tertiary/aromatic N) is 2. The molecule has 0 spiro atoms. The van der Waals surface area contributed by atoms with E-state index in [4.69, 9.17) is 0 Å². The Kier molecular flexibility index (Phi) is 6.03. The fraction of sp³-hybridized carbons (Fsp3) is 0.150. The van der Waals surface area contributed by atoms with Gasteiger partial charge in [0.05, 0.1) is 0 Å². The summed E-state index contributed by atoms with van der Waals surface area (Å²) in [5, 5.41) is 9.25. The number of anilines is 4. The van der Waals surface area contributed by atoms with Crippen LogP contribution in [0.2, 0.25) is 0 Å². The Balaban J connectivity index is 1.67. The van der Waals surface area contributed by atoms with Crippen molar-refractivity contribution in [2.75, 3.05) is 22.5 Å². The molecule has 0 unspecified atom stereocenters. The summed E-state index contributed by atoms with van der Waals surface area (Å²) >= 11 is 3.36. The topological polar surface area (TPSA) is 78.9 Å². The van der Waals surface area contributed by atoms with Crippen molar-refractivity contribution < 1.29 is 4.79 Å². The van der Waals surface area contributed by atoms with Crippen LogP contribution in [0.15, 0.2) is 59.1 Å². The maximum atomic E-state index is 12.3. The zero-order chi connectivity index (χ0) is 19.2. The molecule has 1 heterocycles. The van der Waals surface area contributed by atoms with Crippen molar-refractivity contribution >= 4 is 45.0 Å². The number of benzene rings is 2. The average molecular weight is 426 g/mol. The van der Waals surface area contributed by atoms with Gasteiger partial charge in [0.2, 0.25) is 5.95 Å². The van der Waals surface area contributed by atoms with Gasteiger partial charge in [0.25, 0.3) is 5.91 Å². The van der Waals surface area contributed by atoms with Crippen molar-refractivity contribution in [2.24, 2.45) is 0 Å². The molecule has 3 N–H and O–H groups in total. The molecule has 1 aromatic heterocycles. The minimum Gasteiger partial charge on any atom is -0.354 e. The molecule has 7 heteroatoms. The van der Waals surface area contributed by atoms with E-state index < -0.39 is 0 Å². The molecular formula is C20H20BrN5O. The molecule has 0 saturated heterocycles. The van der Waals surface area contributed by atoms with Crippen LogP contribution in [0.3, 0.4) is 0 Å². The number of aryl methyl sites for hydroxylation is 1. The van der Waals surface area contributed by atoms with E-state index in [-0.39, 0.29) is 5.91 Å². The molecule has 3 rings (SSSR count). The van der Waals surface area contributed by atoms with Crippen LogP contribution >= 0.6 is 15.9 Å². The van der Waals surface area contributed by atoms with Crippen LogP contribution in [0.25, 0.3) is 0 Å². The maximum absolute atomic E-state index is 12.3. The molecule has 0 radical (unpaired) electrons. The number of aromatic nitrogens is 2. The highest BCUT2D eigenvalue weighted by Gasteiger charge is 2.06. The van der Waals surface area contributed by atoms with Gasteiger partial charge in [-0.2, -0.15) is 4.98 Å². The Hall–Kier alpha value is -2.93. The highest BCUT2D eigenvalue weighted by atomic mass is 79.9. The molecule has 0 aliphatic rings. The molecule has 0 fully saturated rings. The van der Waals surface area contributed by atoms with Crippen molar-refractivity contribution in [2.45, 2.75) is 13.8 Å². The maximum Gasteiger partial charge on any atom is 0.255 e. The summed E-state index contributed by atoms with van der Waals surface area (Å²) in [4.78, 5) is 21.0. The van der Waals surface area contributed by atoms with E-state index in [9.17, 15) is 4.79 Å². The molecule has 0 atom stereocenters. The third-order valence-electron chi connectivity index (χ3n) is 3.71. The van der Waals surface area contributed by atoms with Crippen molar-refractivity contribution in [3.05, 3.63) is 70.3 Å². The van der Waals surface area contributed by atoms with E-state index in [1.54, 1.807) is 12.1 Å². The van der Waals surface area contributed by atoms with E-state index in [1.807, 2.05) is 56.3 Å². The van der Waals surface area contributed by atoms with Gasteiger partial charge in [-0.1, -0.05) is 15.9 Å². The van der Waals surface area contributed by atoms with Gasteiger partial charge in [-0.15, -0.1) is 0 Å². The zero-order valence-electron chi connectivity index (χ0n) is 15.1. The fourth-order valence-electron chi connectivity index (χ4n) is 2.46. The smallest absolute Gasteiger partial charge is 0.255 e. The van der Waals surface area contributed by atoms with E-state index >= 15 is 0 Å². The Bertz CT molecular complexity index is 926. The van der Waals surface area contributed by atoms with Crippen LogP contribution in [-0.2, 0) is 0 Å². The minimum absolute atomic E-state index is 0.148. The summed E-state index contributed by atoms with van der Waals surface area (Å²) in [6, 6.07) is 16.6. The van der Waals surface area contributed by atoms with Gasteiger partial charge in [-0.3, -0.25) is 4.79 Å². The van der Waals surface area contributed by atoms with Crippen LogP contribution in [-0.4, -0.2) is 22.4 Å². The van der Waals surface area contributed by atoms with E-state index in [0.29, 0.717) is 17.3 Å². The van der Waals surface area contributed by atoms with Gasteiger partial charge in [0.1, 0.15) is 5.82 Å². The Labute approximate surface area is 166 Å². The summed E-state index contributed by atoms with van der Waals surface area (Å²) in [7, 11) is 0. The first-order valence-electron chi connectivity index (χ1n) is 8.57. The molecule has 6 nitrogen and oxygen atoms in total.